The number of carbonyl (C=O) groups is 1. The summed E-state index contributed by atoms with van der Waals surface area (Å²) in [6, 6.07) is 15.8. The van der Waals surface area contributed by atoms with Gasteiger partial charge in [-0.25, -0.2) is 17.2 Å². The number of amides is 1. The van der Waals surface area contributed by atoms with E-state index in [2.05, 4.69) is 5.32 Å². The number of halogens is 2. The summed E-state index contributed by atoms with van der Waals surface area (Å²) in [6.07, 6.45) is 1.22. The van der Waals surface area contributed by atoms with Gasteiger partial charge in [-0.2, -0.15) is 0 Å². The molecule has 0 bridgehead atoms. The van der Waals surface area contributed by atoms with E-state index in [-0.39, 0.29) is 16.1 Å². The Kier molecular flexibility index (Phi) is 5.26. The summed E-state index contributed by atoms with van der Waals surface area (Å²) in [5.41, 5.74) is 1.37. The molecule has 1 heterocycles. The molecule has 1 N–H and O–H groups in total. The van der Waals surface area contributed by atoms with Crippen LogP contribution in [0.25, 0.3) is 0 Å². The lowest BCUT2D eigenvalue weighted by Gasteiger charge is -2.30. The maximum atomic E-state index is 13.8. The molecule has 1 amide bonds. The van der Waals surface area contributed by atoms with Crippen LogP contribution in [0.5, 0.6) is 0 Å². The first kappa shape index (κ1) is 20.0. The number of hydrogen-bond donors (Lipinski definition) is 1. The van der Waals surface area contributed by atoms with E-state index in [1.165, 1.54) is 10.4 Å². The van der Waals surface area contributed by atoms with E-state index in [1.807, 2.05) is 0 Å². The summed E-state index contributed by atoms with van der Waals surface area (Å²) < 4.78 is 54.3. The highest BCUT2D eigenvalue weighted by molar-refractivity contribution is 7.92. The third-order valence-electron chi connectivity index (χ3n) is 4.93. The molecule has 0 radical (unpaired) electrons. The largest absolute Gasteiger partial charge is 0.319 e. The zero-order chi connectivity index (χ0) is 21.3. The van der Waals surface area contributed by atoms with E-state index < -0.39 is 27.6 Å². The average Bonchev–Trinajstić information content (AvgIpc) is 2.75. The highest BCUT2D eigenvalue weighted by Gasteiger charge is 2.29. The summed E-state index contributed by atoms with van der Waals surface area (Å²) in [4.78, 5) is 12.7. The van der Waals surface area contributed by atoms with Crippen molar-refractivity contribution in [3.8, 4) is 0 Å². The molecule has 0 aromatic heterocycles. The van der Waals surface area contributed by atoms with Gasteiger partial charge in [-0.15, -0.1) is 0 Å². The fourth-order valence-electron chi connectivity index (χ4n) is 3.46. The number of anilines is 2. The molecular weight excluding hydrogens is 410 g/mol. The van der Waals surface area contributed by atoms with Gasteiger partial charge < -0.3 is 5.32 Å². The van der Waals surface area contributed by atoms with Crippen molar-refractivity contribution in [2.45, 2.75) is 17.7 Å². The predicted molar refractivity (Wildman–Crippen MR) is 110 cm³/mol. The average molecular weight is 428 g/mol. The second-order valence-electron chi connectivity index (χ2n) is 6.92. The highest BCUT2D eigenvalue weighted by Crippen LogP contribution is 2.33. The van der Waals surface area contributed by atoms with Crippen molar-refractivity contribution in [3.05, 3.63) is 89.5 Å². The number of nitrogens with zero attached hydrogens (tertiary/aromatic N) is 1. The van der Waals surface area contributed by atoms with Gasteiger partial charge in [-0.05, 0) is 60.9 Å². The van der Waals surface area contributed by atoms with Crippen molar-refractivity contribution in [1.82, 2.24) is 0 Å². The molecule has 0 spiro atoms. The molecule has 1 aliphatic rings. The fraction of sp³-hybridized carbons (Fsp3) is 0.136. The summed E-state index contributed by atoms with van der Waals surface area (Å²) in [5, 5.41) is 2.42. The Morgan fingerprint density at radius 2 is 1.73 bits per heavy atom. The second-order valence-corrected chi connectivity index (χ2v) is 8.78. The van der Waals surface area contributed by atoms with Gasteiger partial charge in [0.25, 0.3) is 15.9 Å². The molecule has 0 saturated heterocycles. The monoisotopic (exact) mass is 428 g/mol. The molecule has 154 valence electrons. The zero-order valence-corrected chi connectivity index (χ0v) is 16.6. The normalized spacial score (nSPS) is 13.6. The van der Waals surface area contributed by atoms with Crippen LogP contribution in [0.15, 0.2) is 71.6 Å². The first-order valence-electron chi connectivity index (χ1n) is 9.33. The van der Waals surface area contributed by atoms with Gasteiger partial charge in [0.05, 0.1) is 16.3 Å². The van der Waals surface area contributed by atoms with Gasteiger partial charge >= 0.3 is 0 Å². The molecule has 3 aromatic carbocycles. The number of aryl methyl sites for hydroxylation is 1. The lowest BCUT2D eigenvalue weighted by Crippen LogP contribution is -2.35. The van der Waals surface area contributed by atoms with E-state index in [9.17, 15) is 22.0 Å². The Hall–Kier alpha value is -3.26. The smallest absolute Gasteiger partial charge is 0.264 e. The van der Waals surface area contributed by atoms with E-state index in [0.29, 0.717) is 36.7 Å². The van der Waals surface area contributed by atoms with Gasteiger partial charge in [0.15, 0.2) is 0 Å². The molecule has 0 aliphatic carbocycles. The number of sulfonamides is 1. The molecule has 0 atom stereocenters. The molecule has 5 nitrogen and oxygen atoms in total. The lowest BCUT2D eigenvalue weighted by molar-refractivity contribution is 0.102. The molecule has 4 rings (SSSR count). The van der Waals surface area contributed by atoms with Crippen LogP contribution in [-0.2, 0) is 16.4 Å². The number of rotatable bonds is 4. The van der Waals surface area contributed by atoms with Crippen LogP contribution in [0.1, 0.15) is 22.3 Å². The van der Waals surface area contributed by atoms with Crippen LogP contribution in [0.2, 0.25) is 0 Å². The van der Waals surface area contributed by atoms with Gasteiger partial charge in [0.2, 0.25) is 0 Å². The molecule has 3 aromatic rings. The quantitative estimate of drug-likeness (QED) is 0.672. The first-order chi connectivity index (χ1) is 14.4. The number of hydrogen-bond acceptors (Lipinski definition) is 3. The summed E-state index contributed by atoms with van der Waals surface area (Å²) >= 11 is 0. The van der Waals surface area contributed by atoms with Crippen molar-refractivity contribution < 1.29 is 22.0 Å². The Balaban J connectivity index is 1.63. The number of fused-ring (bicyclic) bond motifs is 1. The van der Waals surface area contributed by atoms with Crippen LogP contribution in [0, 0.1) is 11.6 Å². The summed E-state index contributed by atoms with van der Waals surface area (Å²) in [6.45, 7) is 0.344. The summed E-state index contributed by atoms with van der Waals surface area (Å²) in [5.74, 6) is -2.17. The van der Waals surface area contributed by atoms with E-state index >= 15 is 0 Å². The minimum atomic E-state index is -3.72. The Morgan fingerprint density at radius 3 is 2.47 bits per heavy atom. The Bertz CT molecular complexity index is 1210. The third kappa shape index (κ3) is 3.78. The minimum absolute atomic E-state index is 0.132. The number of nitrogens with one attached hydrogen (secondary N) is 1. The maximum Gasteiger partial charge on any atom is 0.264 e. The Morgan fingerprint density at radius 1 is 0.967 bits per heavy atom. The number of benzene rings is 3. The fourth-order valence-corrected chi connectivity index (χ4v) is 5.02. The van der Waals surface area contributed by atoms with Crippen LogP contribution in [-0.4, -0.2) is 20.9 Å². The van der Waals surface area contributed by atoms with E-state index in [0.717, 1.165) is 12.1 Å². The zero-order valence-electron chi connectivity index (χ0n) is 15.8. The van der Waals surface area contributed by atoms with Crippen LogP contribution in [0.4, 0.5) is 20.2 Å². The highest BCUT2D eigenvalue weighted by atomic mass is 32.2. The molecular formula is C22H18F2N2O3S. The molecule has 8 heteroatoms. The van der Waals surface area contributed by atoms with Crippen LogP contribution >= 0.6 is 0 Å². The standard InChI is InChI=1S/C22H18F2N2O3S/c23-17-9-10-20(19(24)14-17)25-22(27)16-8-11-21-15(13-16)5-4-12-26(21)30(28,29)18-6-2-1-3-7-18/h1-3,6-11,13-14H,4-5,12H2,(H,25,27). The minimum Gasteiger partial charge on any atom is -0.319 e. The van der Waals surface area contributed by atoms with Crippen molar-refractivity contribution in [2.24, 2.45) is 0 Å². The van der Waals surface area contributed by atoms with Gasteiger partial charge in [-0.1, -0.05) is 18.2 Å². The topological polar surface area (TPSA) is 66.5 Å². The second kappa shape index (κ2) is 7.87. The van der Waals surface area contributed by atoms with Crippen molar-refractivity contribution in [1.29, 1.82) is 0 Å². The van der Waals surface area contributed by atoms with Crippen molar-refractivity contribution >= 4 is 27.3 Å². The third-order valence-corrected chi connectivity index (χ3v) is 6.76. The van der Waals surface area contributed by atoms with Gasteiger partial charge in [0, 0.05) is 18.2 Å². The van der Waals surface area contributed by atoms with E-state index in [1.54, 1.807) is 42.5 Å². The number of carbonyl (C=O) groups excluding carboxylic acids is 1. The van der Waals surface area contributed by atoms with Gasteiger partial charge in [-0.3, -0.25) is 9.10 Å². The van der Waals surface area contributed by atoms with E-state index in [4.69, 9.17) is 0 Å². The SMILES string of the molecule is O=C(Nc1ccc(F)cc1F)c1ccc2c(c1)CCCN2S(=O)(=O)c1ccccc1. The molecule has 0 saturated carbocycles. The molecule has 0 unspecified atom stereocenters. The predicted octanol–water partition coefficient (Wildman–Crippen LogP) is 4.36. The van der Waals surface area contributed by atoms with Crippen LogP contribution in [0.3, 0.4) is 0 Å². The molecule has 30 heavy (non-hydrogen) atoms. The molecule has 1 aliphatic heterocycles. The lowest BCUT2D eigenvalue weighted by atomic mass is 10.0. The molecule has 0 fully saturated rings. The van der Waals surface area contributed by atoms with Crippen molar-refractivity contribution in [3.63, 3.8) is 0 Å². The van der Waals surface area contributed by atoms with Crippen molar-refractivity contribution in [2.75, 3.05) is 16.2 Å². The van der Waals surface area contributed by atoms with Gasteiger partial charge in [0.1, 0.15) is 11.6 Å². The summed E-state index contributed by atoms with van der Waals surface area (Å²) in [7, 11) is -3.72. The Labute approximate surface area is 173 Å². The first-order valence-corrected chi connectivity index (χ1v) is 10.8. The maximum absolute atomic E-state index is 13.8. The van der Waals surface area contributed by atoms with Crippen LogP contribution < -0.4 is 9.62 Å².